The molecule has 0 aliphatic carbocycles. The summed E-state index contributed by atoms with van der Waals surface area (Å²) < 4.78 is 78.5. The molecule has 0 saturated heterocycles. The van der Waals surface area contributed by atoms with Gasteiger partial charge in [0.2, 0.25) is 0 Å². The highest BCUT2D eigenvalue weighted by Crippen LogP contribution is 2.31. The molecule has 0 bridgehead atoms. The molecule has 3 rings (SSSR count). The third kappa shape index (κ3) is 4.30. The molecule has 0 unspecified atom stereocenters. The first kappa shape index (κ1) is 19.8. The lowest BCUT2D eigenvalue weighted by Crippen LogP contribution is -2.14. The minimum atomic E-state index is -4.55. The Labute approximate surface area is 158 Å². The van der Waals surface area contributed by atoms with E-state index in [0.717, 1.165) is 18.3 Å². The summed E-state index contributed by atoms with van der Waals surface area (Å²) in [5.74, 6) is -0.501. The number of hydrogen-bond acceptors (Lipinski definition) is 3. The van der Waals surface area contributed by atoms with Crippen LogP contribution in [0, 0.1) is 12.7 Å². The van der Waals surface area contributed by atoms with Crippen LogP contribution in [0.5, 0.6) is 0 Å². The summed E-state index contributed by atoms with van der Waals surface area (Å²) in [5.41, 5.74) is 0.893. The van der Waals surface area contributed by atoms with Gasteiger partial charge in [-0.15, -0.1) is 0 Å². The second-order valence-corrected chi connectivity index (χ2v) is 7.70. The summed E-state index contributed by atoms with van der Waals surface area (Å²) in [6.07, 6.45) is -3.51. The number of benzene rings is 2. The summed E-state index contributed by atoms with van der Waals surface area (Å²) >= 11 is 0. The number of rotatable bonds is 4. The van der Waals surface area contributed by atoms with Crippen molar-refractivity contribution < 1.29 is 26.0 Å². The van der Waals surface area contributed by atoms with Crippen LogP contribution in [0.1, 0.15) is 11.1 Å². The average Bonchev–Trinajstić information content (AvgIpc) is 2.63. The van der Waals surface area contributed by atoms with Gasteiger partial charge in [-0.05, 0) is 55.0 Å². The highest BCUT2D eigenvalue weighted by molar-refractivity contribution is 7.92. The number of halogens is 4. The molecule has 0 atom stereocenters. The zero-order valence-electron chi connectivity index (χ0n) is 14.5. The maximum atomic E-state index is 13.0. The maximum absolute atomic E-state index is 13.0. The summed E-state index contributed by atoms with van der Waals surface area (Å²) in [5, 5.41) is 0. The summed E-state index contributed by atoms with van der Waals surface area (Å²) in [7, 11) is -4.10. The number of anilines is 1. The molecule has 0 aliphatic heterocycles. The van der Waals surface area contributed by atoms with Gasteiger partial charge in [-0.3, -0.25) is 9.71 Å². The van der Waals surface area contributed by atoms with Crippen LogP contribution in [0.15, 0.2) is 65.7 Å². The zero-order chi connectivity index (χ0) is 20.5. The lowest BCUT2D eigenvalue weighted by molar-refractivity contribution is -0.137. The Bertz CT molecular complexity index is 1090. The molecular weight excluding hydrogens is 396 g/mol. The van der Waals surface area contributed by atoms with Crippen molar-refractivity contribution >= 4 is 15.7 Å². The number of hydrogen-bond donors (Lipinski definition) is 1. The van der Waals surface area contributed by atoms with Crippen LogP contribution in [0.25, 0.3) is 11.3 Å². The molecule has 0 aliphatic rings. The van der Waals surface area contributed by atoms with E-state index in [0.29, 0.717) is 29.0 Å². The number of alkyl halides is 3. The van der Waals surface area contributed by atoms with Crippen molar-refractivity contribution in [2.75, 3.05) is 4.72 Å². The molecule has 0 spiro atoms. The Morgan fingerprint density at radius 3 is 2.21 bits per heavy atom. The van der Waals surface area contributed by atoms with E-state index in [4.69, 9.17) is 0 Å². The van der Waals surface area contributed by atoms with Crippen molar-refractivity contribution in [3.05, 3.63) is 77.7 Å². The molecule has 4 nitrogen and oxygen atoms in total. The molecule has 1 N–H and O–H groups in total. The number of pyridine rings is 1. The van der Waals surface area contributed by atoms with Crippen LogP contribution >= 0.6 is 0 Å². The Kier molecular flexibility index (Phi) is 5.12. The largest absolute Gasteiger partial charge is 0.416 e. The van der Waals surface area contributed by atoms with Gasteiger partial charge in [0.15, 0.2) is 0 Å². The monoisotopic (exact) mass is 410 g/mol. The van der Waals surface area contributed by atoms with Gasteiger partial charge in [-0.25, -0.2) is 12.8 Å². The molecule has 1 aromatic heterocycles. The van der Waals surface area contributed by atoms with Gasteiger partial charge in [0, 0.05) is 5.56 Å². The lowest BCUT2D eigenvalue weighted by Gasteiger charge is -2.13. The Morgan fingerprint density at radius 2 is 1.64 bits per heavy atom. The molecule has 146 valence electrons. The molecule has 1 heterocycles. The number of nitrogens with one attached hydrogen (secondary N) is 1. The van der Waals surface area contributed by atoms with E-state index in [1.807, 2.05) is 0 Å². The second-order valence-electron chi connectivity index (χ2n) is 6.02. The topological polar surface area (TPSA) is 59.1 Å². The minimum absolute atomic E-state index is 0.239. The van der Waals surface area contributed by atoms with E-state index in [9.17, 15) is 26.0 Å². The van der Waals surface area contributed by atoms with E-state index < -0.39 is 27.6 Å². The van der Waals surface area contributed by atoms with Crippen molar-refractivity contribution in [2.45, 2.75) is 18.0 Å². The number of nitrogens with zero attached hydrogens (tertiary/aromatic N) is 1. The van der Waals surface area contributed by atoms with E-state index in [2.05, 4.69) is 9.71 Å². The van der Waals surface area contributed by atoms with Gasteiger partial charge in [-0.1, -0.05) is 12.1 Å². The number of aryl methyl sites for hydroxylation is 1. The minimum Gasteiger partial charge on any atom is -0.279 e. The lowest BCUT2D eigenvalue weighted by atomic mass is 10.1. The van der Waals surface area contributed by atoms with Crippen LogP contribution < -0.4 is 4.72 Å². The number of sulfonamides is 1. The van der Waals surface area contributed by atoms with Crippen molar-refractivity contribution in [1.82, 2.24) is 4.98 Å². The van der Waals surface area contributed by atoms with Gasteiger partial charge in [0.1, 0.15) is 5.82 Å². The predicted molar refractivity (Wildman–Crippen MR) is 96.6 cm³/mol. The first-order chi connectivity index (χ1) is 13.1. The Balaban J connectivity index is 1.91. The SMILES string of the molecule is Cc1ccc(-c2ccc(F)cn2)cc1NS(=O)(=O)c1ccc(C(F)(F)F)cc1. The third-order valence-corrected chi connectivity index (χ3v) is 5.38. The van der Waals surface area contributed by atoms with Crippen molar-refractivity contribution in [1.29, 1.82) is 0 Å². The van der Waals surface area contributed by atoms with Crippen molar-refractivity contribution in [3.63, 3.8) is 0 Å². The second kappa shape index (κ2) is 7.23. The highest BCUT2D eigenvalue weighted by Gasteiger charge is 2.30. The van der Waals surface area contributed by atoms with E-state index in [-0.39, 0.29) is 10.6 Å². The predicted octanol–water partition coefficient (Wildman–Crippen LogP) is 5.02. The molecule has 0 radical (unpaired) electrons. The fourth-order valence-electron chi connectivity index (χ4n) is 2.46. The van der Waals surface area contributed by atoms with E-state index in [1.54, 1.807) is 19.1 Å². The van der Waals surface area contributed by atoms with Gasteiger partial charge in [-0.2, -0.15) is 13.2 Å². The quantitative estimate of drug-likeness (QED) is 0.615. The molecule has 3 aromatic rings. The van der Waals surface area contributed by atoms with E-state index >= 15 is 0 Å². The van der Waals surface area contributed by atoms with Gasteiger partial charge in [0.05, 0.1) is 28.0 Å². The number of aromatic nitrogens is 1. The van der Waals surface area contributed by atoms with Crippen molar-refractivity contribution in [3.8, 4) is 11.3 Å². The van der Waals surface area contributed by atoms with Crippen LogP contribution in [-0.2, 0) is 16.2 Å². The molecule has 0 fully saturated rings. The maximum Gasteiger partial charge on any atom is 0.416 e. The van der Waals surface area contributed by atoms with Crippen LogP contribution in [0.3, 0.4) is 0 Å². The standard InChI is InChI=1S/C19H14F4N2O2S/c1-12-2-3-13(17-9-6-15(20)11-24-17)10-18(12)25-28(26,27)16-7-4-14(5-8-16)19(21,22)23/h2-11,25H,1H3. The summed E-state index contributed by atoms with van der Waals surface area (Å²) in [6, 6.07) is 10.8. The molecule has 28 heavy (non-hydrogen) atoms. The third-order valence-electron chi connectivity index (χ3n) is 4.00. The van der Waals surface area contributed by atoms with E-state index in [1.165, 1.54) is 18.2 Å². The Morgan fingerprint density at radius 1 is 0.964 bits per heavy atom. The van der Waals surface area contributed by atoms with Crippen LogP contribution in [0.2, 0.25) is 0 Å². The molecule has 2 aromatic carbocycles. The smallest absolute Gasteiger partial charge is 0.279 e. The fourth-order valence-corrected chi connectivity index (χ4v) is 3.59. The molecular formula is C19H14F4N2O2S. The van der Waals surface area contributed by atoms with Crippen LogP contribution in [0.4, 0.5) is 23.2 Å². The zero-order valence-corrected chi connectivity index (χ0v) is 15.3. The Hall–Kier alpha value is -2.94. The normalized spacial score (nSPS) is 12.0. The summed E-state index contributed by atoms with van der Waals surface area (Å²) in [4.78, 5) is 3.65. The first-order valence-electron chi connectivity index (χ1n) is 7.99. The molecule has 0 amide bonds. The highest BCUT2D eigenvalue weighted by atomic mass is 32.2. The average molecular weight is 410 g/mol. The van der Waals surface area contributed by atoms with Gasteiger partial charge in [0.25, 0.3) is 10.0 Å². The van der Waals surface area contributed by atoms with Crippen molar-refractivity contribution in [2.24, 2.45) is 0 Å². The van der Waals surface area contributed by atoms with Crippen LogP contribution in [-0.4, -0.2) is 13.4 Å². The molecule has 9 heteroatoms. The fraction of sp³-hybridized carbons (Fsp3) is 0.105. The summed E-state index contributed by atoms with van der Waals surface area (Å²) in [6.45, 7) is 1.67. The first-order valence-corrected chi connectivity index (χ1v) is 9.47. The van der Waals surface area contributed by atoms with Gasteiger partial charge >= 0.3 is 6.18 Å². The molecule has 0 saturated carbocycles. The van der Waals surface area contributed by atoms with Gasteiger partial charge < -0.3 is 0 Å².